The normalized spacial score (nSPS) is 10.4. The average Bonchev–Trinajstić information content (AvgIpc) is 2.72. The second-order valence-electron chi connectivity index (χ2n) is 6.62. The summed E-state index contributed by atoms with van der Waals surface area (Å²) in [4.78, 5) is 10.9. The van der Waals surface area contributed by atoms with Gasteiger partial charge in [0.15, 0.2) is 11.5 Å². The van der Waals surface area contributed by atoms with Gasteiger partial charge in [0.25, 0.3) is 0 Å². The summed E-state index contributed by atoms with van der Waals surface area (Å²) in [6, 6.07) is 18.4. The van der Waals surface area contributed by atoms with Crippen LogP contribution in [0.2, 0.25) is 5.02 Å². The van der Waals surface area contributed by atoms with Crippen LogP contribution in [0.3, 0.4) is 0 Å². The second kappa shape index (κ2) is 9.34. The highest BCUT2D eigenvalue weighted by Crippen LogP contribution is 2.37. The molecule has 3 rings (SSSR count). The number of aromatic carboxylic acids is 1. The number of methoxy groups -OCH3 is 1. The molecule has 0 aliphatic heterocycles. The molecule has 0 aliphatic rings. The Morgan fingerprint density at radius 3 is 2.34 bits per heavy atom. The molecule has 0 fully saturated rings. The minimum absolute atomic E-state index is 0.246. The van der Waals surface area contributed by atoms with Crippen molar-refractivity contribution in [3.63, 3.8) is 0 Å². The zero-order chi connectivity index (χ0) is 20.8. The van der Waals surface area contributed by atoms with E-state index in [4.69, 9.17) is 26.2 Å². The Morgan fingerprint density at radius 2 is 1.72 bits per heavy atom. The number of aryl methyl sites for hydroxylation is 1. The van der Waals surface area contributed by atoms with Crippen LogP contribution in [0.25, 0.3) is 0 Å². The molecule has 0 atom stereocenters. The van der Waals surface area contributed by atoms with E-state index in [2.05, 4.69) is 5.32 Å². The van der Waals surface area contributed by atoms with Gasteiger partial charge in [0.05, 0.1) is 17.7 Å². The molecule has 5 nitrogen and oxygen atoms in total. The molecule has 0 unspecified atom stereocenters. The third-order valence-electron chi connectivity index (χ3n) is 4.42. The summed E-state index contributed by atoms with van der Waals surface area (Å²) in [6.45, 7) is 2.93. The summed E-state index contributed by atoms with van der Waals surface area (Å²) in [5.41, 5.74) is 4.21. The fraction of sp³-hybridized carbons (Fsp3) is 0.174. The van der Waals surface area contributed by atoms with Crippen LogP contribution in [0.4, 0.5) is 5.69 Å². The lowest BCUT2D eigenvalue weighted by Crippen LogP contribution is -2.03. The first-order valence-electron chi connectivity index (χ1n) is 9.08. The second-order valence-corrected chi connectivity index (χ2v) is 7.03. The molecule has 29 heavy (non-hydrogen) atoms. The molecule has 0 saturated heterocycles. The first kappa shape index (κ1) is 20.6. The van der Waals surface area contributed by atoms with Gasteiger partial charge in [-0.25, -0.2) is 4.79 Å². The zero-order valence-corrected chi connectivity index (χ0v) is 17.0. The number of carboxylic acid groups (broad SMARTS) is 1. The number of benzene rings is 3. The lowest BCUT2D eigenvalue weighted by Gasteiger charge is -2.15. The Morgan fingerprint density at radius 1 is 1.03 bits per heavy atom. The van der Waals surface area contributed by atoms with Crippen molar-refractivity contribution in [3.8, 4) is 11.5 Å². The third-order valence-corrected chi connectivity index (χ3v) is 4.70. The minimum Gasteiger partial charge on any atom is -0.493 e. The summed E-state index contributed by atoms with van der Waals surface area (Å²) in [5.74, 6) is 0.112. The molecule has 0 heterocycles. The maximum Gasteiger partial charge on any atom is 0.335 e. The first-order valence-corrected chi connectivity index (χ1v) is 9.46. The molecule has 0 radical (unpaired) electrons. The molecule has 3 aromatic rings. The largest absolute Gasteiger partial charge is 0.493 e. The Bertz CT molecular complexity index is 985. The number of carbonyl (C=O) groups is 1. The van der Waals surface area contributed by atoms with Crippen LogP contribution in [-0.4, -0.2) is 18.2 Å². The molecule has 3 aromatic carbocycles. The van der Waals surface area contributed by atoms with Crippen molar-refractivity contribution in [2.45, 2.75) is 20.1 Å². The Hall–Kier alpha value is -3.18. The summed E-state index contributed by atoms with van der Waals surface area (Å²) < 4.78 is 11.4. The highest BCUT2D eigenvalue weighted by Gasteiger charge is 2.13. The van der Waals surface area contributed by atoms with E-state index in [0.717, 1.165) is 16.8 Å². The molecule has 0 saturated carbocycles. The van der Waals surface area contributed by atoms with Crippen molar-refractivity contribution in [1.82, 2.24) is 0 Å². The van der Waals surface area contributed by atoms with Crippen molar-refractivity contribution < 1.29 is 19.4 Å². The van der Waals surface area contributed by atoms with Crippen molar-refractivity contribution in [1.29, 1.82) is 0 Å². The standard InChI is InChI=1S/C23H22ClNO4/c1-15-3-5-16(6-4-15)14-29-22-20(24)11-17(12-21(22)28-2)13-25-19-9-7-18(8-10-19)23(26)27/h3-12,25H,13-14H2,1-2H3,(H,26,27). The first-order chi connectivity index (χ1) is 14.0. The van der Waals surface area contributed by atoms with Gasteiger partial charge in [-0.1, -0.05) is 41.4 Å². The lowest BCUT2D eigenvalue weighted by atomic mass is 10.1. The molecule has 0 bridgehead atoms. The predicted octanol–water partition coefficient (Wildman–Crippen LogP) is 5.55. The number of carboxylic acids is 1. The summed E-state index contributed by atoms with van der Waals surface area (Å²) in [6.07, 6.45) is 0. The van der Waals surface area contributed by atoms with Crippen LogP contribution >= 0.6 is 11.6 Å². The maximum absolute atomic E-state index is 10.9. The zero-order valence-electron chi connectivity index (χ0n) is 16.2. The molecule has 150 valence electrons. The quantitative estimate of drug-likeness (QED) is 0.509. The predicted molar refractivity (Wildman–Crippen MR) is 114 cm³/mol. The van der Waals surface area contributed by atoms with Crippen LogP contribution in [0.15, 0.2) is 60.7 Å². The number of hydrogen-bond donors (Lipinski definition) is 2. The van der Waals surface area contributed by atoms with Crippen LogP contribution in [0, 0.1) is 6.92 Å². The van der Waals surface area contributed by atoms with Gasteiger partial charge in [0.2, 0.25) is 0 Å². The van der Waals surface area contributed by atoms with E-state index in [-0.39, 0.29) is 5.56 Å². The van der Waals surface area contributed by atoms with E-state index >= 15 is 0 Å². The van der Waals surface area contributed by atoms with Crippen molar-refractivity contribution in [3.05, 3.63) is 87.9 Å². The van der Waals surface area contributed by atoms with Gasteiger partial charge in [-0.15, -0.1) is 0 Å². The highest BCUT2D eigenvalue weighted by atomic mass is 35.5. The molecular formula is C23H22ClNO4. The molecule has 0 spiro atoms. The number of rotatable bonds is 8. The van der Waals surface area contributed by atoms with Crippen molar-refractivity contribution in [2.75, 3.05) is 12.4 Å². The molecule has 0 aromatic heterocycles. The number of halogens is 1. The smallest absolute Gasteiger partial charge is 0.335 e. The van der Waals surface area contributed by atoms with Gasteiger partial charge in [-0.3, -0.25) is 0 Å². The van der Waals surface area contributed by atoms with E-state index < -0.39 is 5.97 Å². The van der Waals surface area contributed by atoms with Gasteiger partial charge in [0.1, 0.15) is 6.61 Å². The Kier molecular flexibility index (Phi) is 6.62. The average molecular weight is 412 g/mol. The summed E-state index contributed by atoms with van der Waals surface area (Å²) in [7, 11) is 1.58. The molecular weight excluding hydrogens is 390 g/mol. The van der Waals surface area contributed by atoms with Crippen LogP contribution in [0.5, 0.6) is 11.5 Å². The van der Waals surface area contributed by atoms with Gasteiger partial charge in [0, 0.05) is 12.2 Å². The fourth-order valence-corrected chi connectivity index (χ4v) is 3.08. The topological polar surface area (TPSA) is 67.8 Å². The van der Waals surface area contributed by atoms with Gasteiger partial charge >= 0.3 is 5.97 Å². The Labute approximate surface area is 174 Å². The fourth-order valence-electron chi connectivity index (χ4n) is 2.79. The lowest BCUT2D eigenvalue weighted by molar-refractivity contribution is 0.0697. The van der Waals surface area contributed by atoms with Crippen LogP contribution < -0.4 is 14.8 Å². The van der Waals surface area contributed by atoms with Crippen molar-refractivity contribution in [2.24, 2.45) is 0 Å². The number of ether oxygens (including phenoxy) is 2. The number of nitrogens with one attached hydrogen (secondary N) is 1. The third kappa shape index (κ3) is 5.42. The monoisotopic (exact) mass is 411 g/mol. The molecule has 2 N–H and O–H groups in total. The highest BCUT2D eigenvalue weighted by molar-refractivity contribution is 6.32. The summed E-state index contributed by atoms with van der Waals surface area (Å²) in [5, 5.41) is 12.7. The summed E-state index contributed by atoms with van der Waals surface area (Å²) >= 11 is 6.44. The molecule has 0 aliphatic carbocycles. The van der Waals surface area contributed by atoms with Gasteiger partial charge in [-0.05, 0) is 54.4 Å². The van der Waals surface area contributed by atoms with E-state index in [0.29, 0.717) is 29.7 Å². The van der Waals surface area contributed by atoms with Crippen molar-refractivity contribution >= 4 is 23.3 Å². The van der Waals surface area contributed by atoms with Gasteiger partial charge < -0.3 is 19.9 Å². The van der Waals surface area contributed by atoms with Gasteiger partial charge in [-0.2, -0.15) is 0 Å². The van der Waals surface area contributed by atoms with E-state index in [1.54, 1.807) is 31.4 Å². The molecule has 6 heteroatoms. The van der Waals surface area contributed by atoms with E-state index in [1.807, 2.05) is 43.3 Å². The number of hydrogen-bond acceptors (Lipinski definition) is 4. The van der Waals surface area contributed by atoms with E-state index in [9.17, 15) is 4.79 Å². The Balaban J connectivity index is 1.68. The minimum atomic E-state index is -0.950. The molecule has 0 amide bonds. The van der Waals surface area contributed by atoms with Crippen LogP contribution in [0.1, 0.15) is 27.0 Å². The SMILES string of the molecule is COc1cc(CNc2ccc(C(=O)O)cc2)cc(Cl)c1OCc1ccc(C)cc1. The van der Waals surface area contributed by atoms with Crippen LogP contribution in [-0.2, 0) is 13.2 Å². The van der Waals surface area contributed by atoms with E-state index in [1.165, 1.54) is 5.56 Å². The maximum atomic E-state index is 10.9. The number of anilines is 1.